The summed E-state index contributed by atoms with van der Waals surface area (Å²) in [6.45, 7) is 2.24. The molecule has 106 valence electrons. The second kappa shape index (κ2) is 5.70. The molecule has 0 bridgehead atoms. The normalized spacial score (nSPS) is 22.9. The van der Waals surface area contributed by atoms with E-state index in [-0.39, 0.29) is 12.1 Å². The largest absolute Gasteiger partial charge is 0.462 e. The predicted molar refractivity (Wildman–Crippen MR) is 79.5 cm³/mol. The van der Waals surface area contributed by atoms with Gasteiger partial charge < -0.3 is 9.72 Å². The molecule has 1 aliphatic carbocycles. The van der Waals surface area contributed by atoms with Crippen molar-refractivity contribution < 1.29 is 9.53 Å². The van der Waals surface area contributed by atoms with Crippen LogP contribution >= 0.6 is 0 Å². The van der Waals surface area contributed by atoms with Gasteiger partial charge in [0.15, 0.2) is 0 Å². The molecule has 1 fully saturated rings. The van der Waals surface area contributed by atoms with Crippen LogP contribution in [-0.2, 0) is 16.0 Å². The van der Waals surface area contributed by atoms with Gasteiger partial charge in [0.05, 0.1) is 6.42 Å². The van der Waals surface area contributed by atoms with E-state index in [1.165, 1.54) is 12.8 Å². The molecule has 3 nitrogen and oxygen atoms in total. The highest BCUT2D eigenvalue weighted by Crippen LogP contribution is 2.26. The van der Waals surface area contributed by atoms with E-state index in [9.17, 15) is 4.79 Å². The summed E-state index contributed by atoms with van der Waals surface area (Å²) in [7, 11) is 0. The molecule has 1 N–H and O–H groups in total. The number of carbonyl (C=O) groups is 1. The van der Waals surface area contributed by atoms with Crippen LogP contribution in [0.5, 0.6) is 0 Å². The van der Waals surface area contributed by atoms with Gasteiger partial charge in [0.2, 0.25) is 0 Å². The summed E-state index contributed by atoms with van der Waals surface area (Å²) in [6, 6.07) is 8.04. The van der Waals surface area contributed by atoms with E-state index in [1.807, 2.05) is 30.5 Å². The average molecular weight is 271 g/mol. The molecule has 0 amide bonds. The number of hydrogen-bond donors (Lipinski definition) is 1. The lowest BCUT2D eigenvalue weighted by Crippen LogP contribution is -2.25. The van der Waals surface area contributed by atoms with Gasteiger partial charge in [-0.3, -0.25) is 4.79 Å². The first-order valence-corrected chi connectivity index (χ1v) is 7.47. The van der Waals surface area contributed by atoms with Crippen molar-refractivity contribution in [3.63, 3.8) is 0 Å². The molecule has 3 rings (SSSR count). The Morgan fingerprint density at radius 3 is 3.05 bits per heavy atom. The Kier molecular flexibility index (Phi) is 3.77. The number of para-hydroxylation sites is 1. The summed E-state index contributed by atoms with van der Waals surface area (Å²) in [4.78, 5) is 15.3. The zero-order valence-electron chi connectivity index (χ0n) is 11.9. The summed E-state index contributed by atoms with van der Waals surface area (Å²) in [5, 5.41) is 1.11. The smallest absolute Gasteiger partial charge is 0.310 e. The number of benzene rings is 1. The molecule has 1 aromatic heterocycles. The number of rotatable bonds is 3. The summed E-state index contributed by atoms with van der Waals surface area (Å²) in [6.07, 6.45) is 6.85. The summed E-state index contributed by atoms with van der Waals surface area (Å²) in [5.41, 5.74) is 2.09. The van der Waals surface area contributed by atoms with E-state index in [0.29, 0.717) is 12.3 Å². The maximum absolute atomic E-state index is 12.1. The first-order valence-electron chi connectivity index (χ1n) is 7.47. The zero-order valence-corrected chi connectivity index (χ0v) is 11.9. The molecular weight excluding hydrogens is 250 g/mol. The van der Waals surface area contributed by atoms with Crippen molar-refractivity contribution in [2.45, 2.75) is 45.1 Å². The second-order valence-corrected chi connectivity index (χ2v) is 5.92. The SMILES string of the molecule is CC1CCCC(OC(=O)Cc2c[nH]c3ccccc23)C1. The van der Waals surface area contributed by atoms with Gasteiger partial charge in [0, 0.05) is 17.1 Å². The van der Waals surface area contributed by atoms with Crippen LogP contribution in [-0.4, -0.2) is 17.1 Å². The van der Waals surface area contributed by atoms with Crippen molar-refractivity contribution in [3.05, 3.63) is 36.0 Å². The predicted octanol–water partition coefficient (Wildman–Crippen LogP) is 3.83. The minimum absolute atomic E-state index is 0.103. The Morgan fingerprint density at radius 1 is 1.35 bits per heavy atom. The monoisotopic (exact) mass is 271 g/mol. The number of esters is 1. The van der Waals surface area contributed by atoms with Gasteiger partial charge in [-0.25, -0.2) is 0 Å². The van der Waals surface area contributed by atoms with Crippen LogP contribution in [0.15, 0.2) is 30.5 Å². The summed E-state index contributed by atoms with van der Waals surface area (Å²) < 4.78 is 5.63. The van der Waals surface area contributed by atoms with Crippen molar-refractivity contribution in [2.24, 2.45) is 5.92 Å². The van der Waals surface area contributed by atoms with Gasteiger partial charge in [-0.1, -0.05) is 31.5 Å². The van der Waals surface area contributed by atoms with E-state index < -0.39 is 0 Å². The van der Waals surface area contributed by atoms with E-state index in [4.69, 9.17) is 4.74 Å². The van der Waals surface area contributed by atoms with E-state index in [0.717, 1.165) is 29.3 Å². The van der Waals surface area contributed by atoms with Crippen molar-refractivity contribution in [1.29, 1.82) is 0 Å². The van der Waals surface area contributed by atoms with Gasteiger partial charge in [-0.2, -0.15) is 0 Å². The number of fused-ring (bicyclic) bond motifs is 1. The molecule has 0 aliphatic heterocycles. The molecule has 3 heteroatoms. The van der Waals surface area contributed by atoms with E-state index in [2.05, 4.69) is 11.9 Å². The summed E-state index contributed by atoms with van der Waals surface area (Å²) in [5.74, 6) is 0.573. The van der Waals surface area contributed by atoms with Crippen LogP contribution in [0, 0.1) is 5.92 Å². The fourth-order valence-corrected chi connectivity index (χ4v) is 3.15. The molecule has 1 aromatic carbocycles. The van der Waals surface area contributed by atoms with Gasteiger partial charge in [0.25, 0.3) is 0 Å². The number of aromatic amines is 1. The average Bonchev–Trinajstić information content (AvgIpc) is 2.82. The highest BCUT2D eigenvalue weighted by molar-refractivity contribution is 5.87. The van der Waals surface area contributed by atoms with Crippen LogP contribution < -0.4 is 0 Å². The van der Waals surface area contributed by atoms with Crippen molar-refractivity contribution >= 4 is 16.9 Å². The molecule has 2 unspecified atom stereocenters. The van der Waals surface area contributed by atoms with Crippen molar-refractivity contribution in [1.82, 2.24) is 4.98 Å². The molecule has 1 saturated carbocycles. The quantitative estimate of drug-likeness (QED) is 0.862. The number of nitrogens with one attached hydrogen (secondary N) is 1. The number of aromatic nitrogens is 1. The molecule has 20 heavy (non-hydrogen) atoms. The number of carbonyl (C=O) groups excluding carboxylic acids is 1. The van der Waals surface area contributed by atoms with Gasteiger partial charge in [-0.15, -0.1) is 0 Å². The highest BCUT2D eigenvalue weighted by Gasteiger charge is 2.22. The Balaban J connectivity index is 1.64. The van der Waals surface area contributed by atoms with Crippen molar-refractivity contribution in [2.75, 3.05) is 0 Å². The molecule has 0 spiro atoms. The minimum Gasteiger partial charge on any atom is -0.462 e. The van der Waals surface area contributed by atoms with Gasteiger partial charge in [-0.05, 0) is 36.8 Å². The first kappa shape index (κ1) is 13.2. The van der Waals surface area contributed by atoms with Crippen molar-refractivity contribution in [3.8, 4) is 0 Å². The topological polar surface area (TPSA) is 42.1 Å². The van der Waals surface area contributed by atoms with Crippen LogP contribution in [0.2, 0.25) is 0 Å². The minimum atomic E-state index is -0.103. The fourth-order valence-electron chi connectivity index (χ4n) is 3.15. The lowest BCUT2D eigenvalue weighted by atomic mass is 9.89. The second-order valence-electron chi connectivity index (χ2n) is 5.92. The lowest BCUT2D eigenvalue weighted by molar-refractivity contribution is -0.150. The van der Waals surface area contributed by atoms with Crippen LogP contribution in [0.25, 0.3) is 10.9 Å². The third kappa shape index (κ3) is 2.87. The number of H-pyrrole nitrogens is 1. The molecule has 1 heterocycles. The molecule has 2 atom stereocenters. The van der Waals surface area contributed by atoms with Gasteiger partial charge >= 0.3 is 5.97 Å². The molecule has 1 aliphatic rings. The third-order valence-corrected chi connectivity index (χ3v) is 4.20. The van der Waals surface area contributed by atoms with E-state index in [1.54, 1.807) is 0 Å². The number of ether oxygens (including phenoxy) is 1. The Labute approximate surface area is 119 Å². The van der Waals surface area contributed by atoms with Crippen LogP contribution in [0.1, 0.15) is 38.2 Å². The molecule has 2 aromatic rings. The lowest BCUT2D eigenvalue weighted by Gasteiger charge is -2.26. The first-order chi connectivity index (χ1) is 9.72. The van der Waals surface area contributed by atoms with E-state index >= 15 is 0 Å². The Hall–Kier alpha value is -1.77. The third-order valence-electron chi connectivity index (χ3n) is 4.20. The summed E-state index contributed by atoms with van der Waals surface area (Å²) >= 11 is 0. The Bertz CT molecular complexity index is 602. The fraction of sp³-hybridized carbons (Fsp3) is 0.471. The van der Waals surface area contributed by atoms with Crippen LogP contribution in [0.4, 0.5) is 0 Å². The molecule has 0 saturated heterocycles. The highest BCUT2D eigenvalue weighted by atomic mass is 16.5. The zero-order chi connectivity index (χ0) is 13.9. The maximum atomic E-state index is 12.1. The molecular formula is C17H21NO2. The van der Waals surface area contributed by atoms with Gasteiger partial charge in [0.1, 0.15) is 6.10 Å². The number of hydrogen-bond acceptors (Lipinski definition) is 2. The van der Waals surface area contributed by atoms with Crippen LogP contribution in [0.3, 0.4) is 0 Å². The maximum Gasteiger partial charge on any atom is 0.310 e. The Morgan fingerprint density at radius 2 is 2.20 bits per heavy atom. The standard InChI is InChI=1S/C17H21NO2/c1-12-5-4-6-14(9-12)20-17(19)10-13-11-18-16-8-3-2-7-15(13)16/h2-3,7-8,11-12,14,18H,4-6,9-10H2,1H3. The molecule has 0 radical (unpaired) electrons.